The van der Waals surface area contributed by atoms with E-state index in [1.165, 1.54) is 5.56 Å². The zero-order valence-electron chi connectivity index (χ0n) is 8.20. The van der Waals surface area contributed by atoms with Crippen molar-refractivity contribution in [1.29, 1.82) is 0 Å². The van der Waals surface area contributed by atoms with Crippen LogP contribution in [0.2, 0.25) is 0 Å². The van der Waals surface area contributed by atoms with Crippen LogP contribution in [-0.2, 0) is 11.5 Å². The summed E-state index contributed by atoms with van der Waals surface area (Å²) in [5.74, 6) is 0. The first-order chi connectivity index (χ1) is 6.33. The van der Waals surface area contributed by atoms with E-state index < -0.39 is 6.10 Å². The fourth-order valence-electron chi connectivity index (χ4n) is 1.41. The molecule has 1 aromatic rings. The van der Waals surface area contributed by atoms with E-state index in [2.05, 4.69) is 6.92 Å². The summed E-state index contributed by atoms with van der Waals surface area (Å²) in [5, 5.41) is 11.5. The zero-order valence-corrected chi connectivity index (χ0v) is 8.20. The summed E-state index contributed by atoms with van der Waals surface area (Å²) in [6.45, 7) is 2.12. The summed E-state index contributed by atoms with van der Waals surface area (Å²) in [6.07, 6.45) is 3.25. The normalized spacial score (nSPS) is 12.8. The Balaban J connectivity index is 2.32. The molecule has 0 fully saturated rings. The van der Waals surface area contributed by atoms with E-state index in [0.29, 0.717) is 6.42 Å². The van der Waals surface area contributed by atoms with Crippen LogP contribution in [0.4, 0.5) is 0 Å². The molecule has 0 aliphatic carbocycles. The largest absolute Gasteiger partial charge is 0.233 e. The molecule has 0 aliphatic heterocycles. The van der Waals surface area contributed by atoms with Crippen molar-refractivity contribution in [1.82, 2.24) is 0 Å². The lowest BCUT2D eigenvalue weighted by molar-refractivity contribution is 0.0795. The average molecular weight is 177 g/mol. The summed E-state index contributed by atoms with van der Waals surface area (Å²) >= 11 is 0. The molecule has 71 valence electrons. The second-order valence-electron chi connectivity index (χ2n) is 3.45. The topological polar surface area (TPSA) is 19.9 Å². The molecule has 1 radical (unpaired) electrons. The minimum absolute atomic E-state index is 0.414. The molecule has 0 heterocycles. The predicted octanol–water partition coefficient (Wildman–Crippen LogP) is 3.22. The van der Waals surface area contributed by atoms with Crippen molar-refractivity contribution in [2.24, 2.45) is 0 Å². The van der Waals surface area contributed by atoms with Crippen molar-refractivity contribution in [3.63, 3.8) is 0 Å². The molecular weight excluding hydrogens is 160 g/mol. The molecule has 0 amide bonds. The van der Waals surface area contributed by atoms with Crippen LogP contribution in [0.5, 0.6) is 0 Å². The lowest BCUT2D eigenvalue weighted by Crippen LogP contribution is -2.07. The first kappa shape index (κ1) is 10.3. The van der Waals surface area contributed by atoms with Crippen LogP contribution in [0, 0.1) is 0 Å². The molecule has 1 atom stereocenters. The molecular formula is C12H17O. The highest BCUT2D eigenvalue weighted by atomic mass is 16.3. The van der Waals surface area contributed by atoms with Crippen molar-refractivity contribution in [2.45, 2.75) is 38.7 Å². The van der Waals surface area contributed by atoms with Gasteiger partial charge in [0.2, 0.25) is 0 Å². The lowest BCUT2D eigenvalue weighted by atomic mass is 10.0. The van der Waals surface area contributed by atoms with Gasteiger partial charge in [0.25, 0.3) is 0 Å². The average Bonchev–Trinajstić information content (AvgIpc) is 2.16. The molecule has 0 N–H and O–H groups in total. The van der Waals surface area contributed by atoms with Crippen LogP contribution in [-0.4, -0.2) is 6.10 Å². The smallest absolute Gasteiger partial charge is 0.0970 e. The van der Waals surface area contributed by atoms with E-state index in [0.717, 1.165) is 19.3 Å². The van der Waals surface area contributed by atoms with Crippen molar-refractivity contribution in [3.05, 3.63) is 35.9 Å². The molecule has 0 saturated carbocycles. The maximum atomic E-state index is 11.5. The monoisotopic (exact) mass is 177 g/mol. The summed E-state index contributed by atoms with van der Waals surface area (Å²) in [5.41, 5.74) is 1.17. The Morgan fingerprint density at radius 1 is 1.23 bits per heavy atom. The number of hydrogen-bond acceptors (Lipinski definition) is 0. The van der Waals surface area contributed by atoms with Crippen LogP contribution in [0.25, 0.3) is 0 Å². The summed E-state index contributed by atoms with van der Waals surface area (Å²) in [7, 11) is 0. The van der Waals surface area contributed by atoms with Gasteiger partial charge in [0, 0.05) is 6.42 Å². The fraction of sp³-hybridized carbons (Fsp3) is 0.500. The van der Waals surface area contributed by atoms with Crippen LogP contribution in [0.15, 0.2) is 30.3 Å². The van der Waals surface area contributed by atoms with Crippen LogP contribution in [0.1, 0.15) is 31.7 Å². The molecule has 1 rings (SSSR count). The highest BCUT2D eigenvalue weighted by Crippen LogP contribution is 2.08. The van der Waals surface area contributed by atoms with Gasteiger partial charge in [-0.3, -0.25) is 0 Å². The maximum absolute atomic E-state index is 11.5. The molecule has 1 nitrogen and oxygen atoms in total. The molecule has 0 aromatic heterocycles. The highest BCUT2D eigenvalue weighted by molar-refractivity contribution is 5.15. The third-order valence-corrected chi connectivity index (χ3v) is 2.19. The Kier molecular flexibility index (Phi) is 4.55. The van der Waals surface area contributed by atoms with E-state index in [-0.39, 0.29) is 0 Å². The number of rotatable bonds is 5. The van der Waals surface area contributed by atoms with E-state index in [1.54, 1.807) is 0 Å². The SMILES string of the molecule is CCCCC([O])Cc1ccccc1. The second-order valence-corrected chi connectivity index (χ2v) is 3.45. The lowest BCUT2D eigenvalue weighted by Gasteiger charge is -2.06. The molecule has 0 bridgehead atoms. The van der Waals surface area contributed by atoms with Crippen molar-refractivity contribution >= 4 is 0 Å². The van der Waals surface area contributed by atoms with E-state index in [1.807, 2.05) is 30.3 Å². The van der Waals surface area contributed by atoms with Gasteiger partial charge in [0.1, 0.15) is 0 Å². The van der Waals surface area contributed by atoms with Gasteiger partial charge in [-0.05, 0) is 12.0 Å². The first-order valence-electron chi connectivity index (χ1n) is 5.02. The zero-order chi connectivity index (χ0) is 9.52. The van der Waals surface area contributed by atoms with E-state index in [4.69, 9.17) is 0 Å². The number of benzene rings is 1. The third kappa shape index (κ3) is 4.09. The quantitative estimate of drug-likeness (QED) is 0.658. The Morgan fingerprint density at radius 2 is 1.92 bits per heavy atom. The van der Waals surface area contributed by atoms with Gasteiger partial charge < -0.3 is 0 Å². The molecule has 0 aliphatic rings. The van der Waals surface area contributed by atoms with Gasteiger partial charge in [-0.1, -0.05) is 50.1 Å². The molecule has 0 saturated heterocycles. The standard InChI is InChI=1S/C12H17O/c1-2-3-9-12(13)10-11-7-5-4-6-8-11/h4-8,12H,2-3,9-10H2,1H3. The maximum Gasteiger partial charge on any atom is 0.0970 e. The minimum Gasteiger partial charge on any atom is -0.233 e. The number of unbranched alkanes of at least 4 members (excludes halogenated alkanes) is 1. The van der Waals surface area contributed by atoms with Crippen LogP contribution < -0.4 is 0 Å². The van der Waals surface area contributed by atoms with Gasteiger partial charge in [-0.25, -0.2) is 5.11 Å². The van der Waals surface area contributed by atoms with Crippen LogP contribution >= 0.6 is 0 Å². The van der Waals surface area contributed by atoms with E-state index in [9.17, 15) is 5.11 Å². The van der Waals surface area contributed by atoms with Crippen molar-refractivity contribution in [2.75, 3.05) is 0 Å². The Morgan fingerprint density at radius 3 is 2.54 bits per heavy atom. The van der Waals surface area contributed by atoms with Gasteiger partial charge in [-0.2, -0.15) is 0 Å². The molecule has 13 heavy (non-hydrogen) atoms. The molecule has 1 aromatic carbocycles. The summed E-state index contributed by atoms with van der Waals surface area (Å²) < 4.78 is 0. The summed E-state index contributed by atoms with van der Waals surface area (Å²) in [6, 6.07) is 10.0. The summed E-state index contributed by atoms with van der Waals surface area (Å²) in [4.78, 5) is 0. The van der Waals surface area contributed by atoms with Crippen molar-refractivity contribution < 1.29 is 5.11 Å². The first-order valence-corrected chi connectivity index (χ1v) is 5.02. The van der Waals surface area contributed by atoms with Gasteiger partial charge in [-0.15, -0.1) is 0 Å². The van der Waals surface area contributed by atoms with Gasteiger partial charge >= 0.3 is 0 Å². The Bertz CT molecular complexity index is 218. The minimum atomic E-state index is -0.414. The second kappa shape index (κ2) is 5.76. The van der Waals surface area contributed by atoms with Crippen molar-refractivity contribution in [3.8, 4) is 0 Å². The van der Waals surface area contributed by atoms with Gasteiger partial charge in [0.05, 0.1) is 6.10 Å². The predicted molar refractivity (Wildman–Crippen MR) is 54.1 cm³/mol. The molecule has 1 unspecified atom stereocenters. The Hall–Kier alpha value is -0.820. The van der Waals surface area contributed by atoms with E-state index >= 15 is 0 Å². The fourth-order valence-corrected chi connectivity index (χ4v) is 1.41. The molecule has 1 heteroatoms. The number of hydrogen-bond donors (Lipinski definition) is 0. The Labute approximate surface area is 80.4 Å². The highest BCUT2D eigenvalue weighted by Gasteiger charge is 2.05. The third-order valence-electron chi connectivity index (χ3n) is 2.19. The molecule has 0 spiro atoms. The van der Waals surface area contributed by atoms with Crippen LogP contribution in [0.3, 0.4) is 0 Å². The van der Waals surface area contributed by atoms with Gasteiger partial charge in [0.15, 0.2) is 0 Å².